The Kier molecular flexibility index (Phi) is 4.28. The first-order chi connectivity index (χ1) is 4.22. The summed E-state index contributed by atoms with van der Waals surface area (Å²) in [6.07, 6.45) is 1.60. The van der Waals surface area contributed by atoms with Crippen LogP contribution >= 0.6 is 0 Å². The largest absolute Gasteiger partial charge is 0.484 e. The molecule has 0 aliphatic rings. The van der Waals surface area contributed by atoms with E-state index in [1.165, 1.54) is 0 Å². The van der Waals surface area contributed by atoms with E-state index in [0.29, 0.717) is 16.5 Å². The molecule has 0 fully saturated rings. The number of hydrogen-bond acceptors (Lipinski definition) is 2. The zero-order valence-electron chi connectivity index (χ0n) is 5.33. The molecule has 0 spiro atoms. The van der Waals surface area contributed by atoms with Crippen LogP contribution in [0.1, 0.15) is 0 Å². The summed E-state index contributed by atoms with van der Waals surface area (Å²) in [5.74, 6) is 0. The fourth-order valence-corrected chi connectivity index (χ4v) is 2.53. The van der Waals surface area contributed by atoms with Gasteiger partial charge in [-0.25, -0.2) is 0 Å². The molecule has 0 saturated heterocycles. The first-order valence-electron chi connectivity index (χ1n) is 2.59. The predicted octanol–water partition coefficient (Wildman–Crippen LogP) is -0.547. The van der Waals surface area contributed by atoms with Gasteiger partial charge in [-0.3, -0.25) is 4.79 Å². The van der Waals surface area contributed by atoms with Crippen molar-refractivity contribution >= 4 is 25.1 Å². The van der Waals surface area contributed by atoms with Crippen molar-refractivity contribution in [1.29, 1.82) is 0 Å². The van der Waals surface area contributed by atoms with E-state index < -0.39 is 14.6 Å². The second kappa shape index (κ2) is 4.48. The molecule has 0 bridgehead atoms. The molecule has 0 aliphatic carbocycles. The van der Waals surface area contributed by atoms with Crippen LogP contribution in [0.25, 0.3) is 0 Å². The van der Waals surface area contributed by atoms with E-state index >= 15 is 0 Å². The van der Waals surface area contributed by atoms with Gasteiger partial charge in [-0.15, -0.1) is 6.58 Å². The summed E-state index contributed by atoms with van der Waals surface area (Å²) in [7, 11) is -1.41. The average Bonchev–Trinajstić information content (AvgIpc) is 1.82. The summed E-state index contributed by atoms with van der Waals surface area (Å²) < 4.78 is 4.86. The van der Waals surface area contributed by atoms with E-state index in [0.717, 1.165) is 0 Å². The third-order valence-electron chi connectivity index (χ3n) is 0.941. The molecule has 0 rings (SSSR count). The Morgan fingerprint density at radius 1 is 2.00 bits per heavy atom. The van der Waals surface area contributed by atoms with Gasteiger partial charge >= 0.3 is 0 Å². The van der Waals surface area contributed by atoms with E-state index in [1.807, 2.05) is 0 Å². The molecule has 1 atom stereocenters. The summed E-state index contributed by atoms with van der Waals surface area (Å²) in [4.78, 5) is 10.2. The van der Waals surface area contributed by atoms with Crippen LogP contribution < -0.4 is 0 Å². The summed E-state index contributed by atoms with van der Waals surface area (Å²) in [6, 6.07) is 0.527. The molecule has 5 heteroatoms. The molecule has 0 saturated carbocycles. The van der Waals surface area contributed by atoms with E-state index in [2.05, 4.69) is 6.58 Å². The molecule has 0 radical (unpaired) electrons. The second-order valence-electron chi connectivity index (χ2n) is 1.59. The van der Waals surface area contributed by atoms with Gasteiger partial charge in [-0.1, -0.05) is 6.08 Å². The highest BCUT2D eigenvalue weighted by atomic mass is 28.3. The maximum Gasteiger partial charge on any atom is 0.297 e. The van der Waals surface area contributed by atoms with Crippen molar-refractivity contribution in [3.63, 3.8) is 0 Å². The molecule has 0 aromatic carbocycles. The zero-order chi connectivity index (χ0) is 7.28. The van der Waals surface area contributed by atoms with Gasteiger partial charge in [0.25, 0.3) is 14.6 Å². The molecule has 9 heavy (non-hydrogen) atoms. The van der Waals surface area contributed by atoms with Gasteiger partial charge in [0.2, 0.25) is 0 Å². The van der Waals surface area contributed by atoms with Crippen molar-refractivity contribution in [2.75, 3.05) is 0 Å². The maximum absolute atomic E-state index is 10.2. The van der Waals surface area contributed by atoms with Gasteiger partial charge in [0, 0.05) is 0 Å². The van der Waals surface area contributed by atoms with Crippen molar-refractivity contribution in [3.8, 4) is 0 Å². The van der Waals surface area contributed by atoms with Gasteiger partial charge in [0.1, 0.15) is 10.5 Å². The molecular formula is C4H10O3Si2. The smallest absolute Gasteiger partial charge is 0.297 e. The molecule has 1 N–H and O–H groups in total. The lowest BCUT2D eigenvalue weighted by molar-refractivity contribution is 0.216. The van der Waals surface area contributed by atoms with Crippen LogP contribution in [0.4, 0.5) is 4.79 Å². The molecule has 0 heterocycles. The lowest BCUT2D eigenvalue weighted by Gasteiger charge is -2.03. The monoisotopic (exact) mass is 162 g/mol. The third-order valence-corrected chi connectivity index (χ3v) is 4.53. The highest BCUT2D eigenvalue weighted by Crippen LogP contribution is 1.93. The van der Waals surface area contributed by atoms with E-state index in [4.69, 9.17) is 9.22 Å². The van der Waals surface area contributed by atoms with Crippen LogP contribution in [0, 0.1) is 0 Å². The van der Waals surface area contributed by atoms with E-state index in [9.17, 15) is 4.79 Å². The highest BCUT2D eigenvalue weighted by molar-refractivity contribution is 6.85. The Morgan fingerprint density at radius 2 is 2.56 bits per heavy atom. The molecule has 0 amide bonds. The number of allylic oxidation sites excluding steroid dienone is 1. The number of hydrogen-bond donors (Lipinski definition) is 1. The number of carboxylic acid groups (broad SMARTS) is 1. The summed E-state index contributed by atoms with van der Waals surface area (Å²) in [6.45, 7) is 3.44. The Bertz CT molecular complexity index is 114. The van der Waals surface area contributed by atoms with Crippen LogP contribution in [0.15, 0.2) is 12.7 Å². The Balaban J connectivity index is 3.67. The van der Waals surface area contributed by atoms with Gasteiger partial charge in [-0.2, -0.15) is 0 Å². The minimum absolute atomic E-state index is 0.517. The van der Waals surface area contributed by atoms with Gasteiger partial charge in [0.15, 0.2) is 0 Å². The molecule has 1 unspecified atom stereocenters. The predicted molar refractivity (Wildman–Crippen MR) is 41.2 cm³/mol. The third kappa shape index (κ3) is 3.23. The zero-order valence-corrected chi connectivity index (χ0v) is 8.49. The summed E-state index contributed by atoms with van der Waals surface area (Å²) in [5, 5.41) is 8.42. The lowest BCUT2D eigenvalue weighted by atomic mass is 10.8. The van der Waals surface area contributed by atoms with E-state index in [-0.39, 0.29) is 0 Å². The molecular weight excluding hydrogens is 152 g/mol. The van der Waals surface area contributed by atoms with Crippen molar-refractivity contribution in [3.05, 3.63) is 12.7 Å². The Labute approximate surface area is 58.6 Å². The lowest BCUT2D eigenvalue weighted by Crippen LogP contribution is -2.26. The standard InChI is InChI=1S/C4H10O3Si2/c1-2-3-9(7-8)4(5)6/h2,9H,1,3H2,8H3,(H,5,6). The highest BCUT2D eigenvalue weighted by Gasteiger charge is 2.16. The molecule has 52 valence electrons. The van der Waals surface area contributed by atoms with Crippen LogP contribution in [-0.4, -0.2) is 30.2 Å². The maximum atomic E-state index is 10.2. The number of carbonyl (C=O) groups is 1. The van der Waals surface area contributed by atoms with Crippen molar-refractivity contribution < 1.29 is 14.0 Å². The molecule has 0 aromatic rings. The second-order valence-corrected chi connectivity index (χ2v) is 5.42. The number of rotatable bonds is 4. The summed E-state index contributed by atoms with van der Waals surface area (Å²) >= 11 is 0. The van der Waals surface area contributed by atoms with E-state index in [1.54, 1.807) is 6.08 Å². The molecule has 0 aliphatic heterocycles. The van der Waals surface area contributed by atoms with Crippen molar-refractivity contribution in [2.24, 2.45) is 0 Å². The van der Waals surface area contributed by atoms with Gasteiger partial charge in [-0.05, 0) is 6.04 Å². The minimum Gasteiger partial charge on any atom is -0.484 e. The Morgan fingerprint density at radius 3 is 2.67 bits per heavy atom. The first-order valence-corrected chi connectivity index (χ1v) is 5.27. The van der Waals surface area contributed by atoms with Crippen LogP contribution in [-0.2, 0) is 4.12 Å². The van der Waals surface area contributed by atoms with Crippen molar-refractivity contribution in [2.45, 2.75) is 6.04 Å². The van der Waals surface area contributed by atoms with Crippen LogP contribution in [0.3, 0.4) is 0 Å². The minimum atomic E-state index is -1.93. The topological polar surface area (TPSA) is 46.5 Å². The van der Waals surface area contributed by atoms with Crippen LogP contribution in [0.5, 0.6) is 0 Å². The fourth-order valence-electron chi connectivity index (χ4n) is 0.449. The molecule has 0 aromatic heterocycles. The van der Waals surface area contributed by atoms with Gasteiger partial charge in [0.05, 0.1) is 0 Å². The van der Waals surface area contributed by atoms with Crippen molar-refractivity contribution in [1.82, 2.24) is 0 Å². The average molecular weight is 162 g/mol. The fraction of sp³-hybridized carbons (Fsp3) is 0.250. The quantitative estimate of drug-likeness (QED) is 0.446. The normalized spacial score (nSPS) is 12.9. The Hall–Kier alpha value is -0.396. The first kappa shape index (κ1) is 8.60. The van der Waals surface area contributed by atoms with Crippen LogP contribution in [0.2, 0.25) is 6.04 Å². The SMILES string of the molecule is C=CC[SiH](O[SiH3])C(=O)O. The van der Waals surface area contributed by atoms with Gasteiger partial charge < -0.3 is 9.22 Å². The molecule has 3 nitrogen and oxygen atoms in total. The summed E-state index contributed by atoms with van der Waals surface area (Å²) in [5.41, 5.74) is -0.773.